The molecule has 0 spiro atoms. The topological polar surface area (TPSA) is 106 Å². The van der Waals surface area contributed by atoms with Crippen LogP contribution in [0.4, 0.5) is 5.69 Å². The zero-order chi connectivity index (χ0) is 22.6. The Hall–Kier alpha value is -3.82. The third-order valence-electron chi connectivity index (χ3n) is 4.85. The molecule has 0 radical (unpaired) electrons. The molecule has 0 atom stereocenters. The summed E-state index contributed by atoms with van der Waals surface area (Å²) in [7, 11) is -3.67. The zero-order valence-electron chi connectivity index (χ0n) is 17.3. The van der Waals surface area contributed by atoms with E-state index in [-0.39, 0.29) is 17.3 Å². The van der Waals surface area contributed by atoms with E-state index in [4.69, 9.17) is 0 Å². The van der Waals surface area contributed by atoms with Crippen LogP contribution < -0.4 is 10.0 Å². The summed E-state index contributed by atoms with van der Waals surface area (Å²) in [6.07, 6.45) is 3.13. The van der Waals surface area contributed by atoms with Crippen molar-refractivity contribution in [2.75, 3.05) is 5.32 Å². The Morgan fingerprint density at radius 1 is 0.969 bits per heavy atom. The van der Waals surface area contributed by atoms with Crippen molar-refractivity contribution in [3.8, 4) is 5.82 Å². The van der Waals surface area contributed by atoms with Gasteiger partial charge in [0.05, 0.1) is 22.3 Å². The number of sulfonamides is 1. The molecule has 0 saturated carbocycles. The van der Waals surface area contributed by atoms with E-state index in [9.17, 15) is 13.2 Å². The predicted octanol–water partition coefficient (Wildman–Crippen LogP) is 3.31. The molecule has 2 aromatic carbocycles. The Morgan fingerprint density at radius 2 is 1.69 bits per heavy atom. The lowest BCUT2D eigenvalue weighted by molar-refractivity contribution is 0.102. The molecule has 0 bridgehead atoms. The number of aromatic nitrogens is 3. The van der Waals surface area contributed by atoms with Crippen LogP contribution in [0.5, 0.6) is 0 Å². The summed E-state index contributed by atoms with van der Waals surface area (Å²) in [5, 5.41) is 7.02. The van der Waals surface area contributed by atoms with Gasteiger partial charge in [0.2, 0.25) is 10.0 Å². The molecule has 2 heterocycles. The van der Waals surface area contributed by atoms with Gasteiger partial charge in [-0.1, -0.05) is 36.4 Å². The van der Waals surface area contributed by atoms with Crippen molar-refractivity contribution < 1.29 is 13.2 Å². The number of pyridine rings is 1. The number of nitrogens with zero attached hydrogens (tertiary/aromatic N) is 3. The van der Waals surface area contributed by atoms with Gasteiger partial charge in [-0.05, 0) is 48.9 Å². The monoisotopic (exact) mass is 447 g/mol. The maximum Gasteiger partial charge on any atom is 0.259 e. The summed E-state index contributed by atoms with van der Waals surface area (Å²) in [4.78, 5) is 17.1. The number of amides is 1. The van der Waals surface area contributed by atoms with Crippen molar-refractivity contribution in [2.24, 2.45) is 0 Å². The number of anilines is 1. The molecule has 0 aliphatic rings. The van der Waals surface area contributed by atoms with E-state index in [1.54, 1.807) is 42.1 Å². The Labute approximate surface area is 186 Å². The van der Waals surface area contributed by atoms with E-state index >= 15 is 0 Å². The summed E-state index contributed by atoms with van der Waals surface area (Å²) in [5.41, 5.74) is 2.38. The Morgan fingerprint density at radius 3 is 2.38 bits per heavy atom. The number of carbonyl (C=O) groups is 1. The summed E-state index contributed by atoms with van der Waals surface area (Å²) in [5.74, 6) is 0.268. The number of hydrogen-bond donors (Lipinski definition) is 2. The van der Waals surface area contributed by atoms with Crippen LogP contribution in [0.15, 0.2) is 90.1 Å². The van der Waals surface area contributed by atoms with E-state index in [2.05, 4.69) is 20.1 Å². The first kappa shape index (κ1) is 21.4. The average molecular weight is 448 g/mol. The van der Waals surface area contributed by atoms with Crippen LogP contribution in [0.3, 0.4) is 0 Å². The van der Waals surface area contributed by atoms with Gasteiger partial charge in [0.1, 0.15) is 0 Å². The van der Waals surface area contributed by atoms with Crippen LogP contribution in [0.25, 0.3) is 5.82 Å². The lowest BCUT2D eigenvalue weighted by Crippen LogP contribution is -2.23. The maximum absolute atomic E-state index is 12.7. The van der Waals surface area contributed by atoms with E-state index in [1.165, 1.54) is 18.3 Å². The molecule has 0 saturated heterocycles. The number of rotatable bonds is 7. The van der Waals surface area contributed by atoms with Crippen LogP contribution in [0, 0.1) is 6.92 Å². The highest BCUT2D eigenvalue weighted by Gasteiger charge is 2.17. The SMILES string of the molecule is Cc1c(C(=O)Nc2ccc(S(=O)(=O)NCc3ccccc3)cc2)cnn1-c1ccccn1. The van der Waals surface area contributed by atoms with Gasteiger partial charge in [-0.15, -0.1) is 0 Å². The average Bonchev–Trinajstić information content (AvgIpc) is 3.21. The van der Waals surface area contributed by atoms with Gasteiger partial charge in [-0.3, -0.25) is 4.79 Å². The predicted molar refractivity (Wildman–Crippen MR) is 121 cm³/mol. The highest BCUT2D eigenvalue weighted by Crippen LogP contribution is 2.17. The Bertz CT molecular complexity index is 1320. The van der Waals surface area contributed by atoms with E-state index in [1.807, 2.05) is 36.4 Å². The Kier molecular flexibility index (Phi) is 6.11. The molecule has 162 valence electrons. The molecule has 4 aromatic rings. The summed E-state index contributed by atoms with van der Waals surface area (Å²) < 4.78 is 29.2. The third-order valence-corrected chi connectivity index (χ3v) is 6.27. The van der Waals surface area contributed by atoms with Gasteiger partial charge in [0.25, 0.3) is 5.91 Å². The fourth-order valence-corrected chi connectivity index (χ4v) is 4.13. The molecule has 9 heteroatoms. The molecule has 1 amide bonds. The molecule has 0 aliphatic heterocycles. The second-order valence-electron chi connectivity index (χ2n) is 7.03. The number of benzene rings is 2. The molecular weight excluding hydrogens is 426 g/mol. The van der Waals surface area contributed by atoms with Crippen molar-refractivity contribution in [1.82, 2.24) is 19.5 Å². The van der Waals surface area contributed by atoms with Gasteiger partial charge in [0.15, 0.2) is 5.82 Å². The first-order valence-corrected chi connectivity index (χ1v) is 11.3. The summed E-state index contributed by atoms with van der Waals surface area (Å²) in [6.45, 7) is 1.98. The zero-order valence-corrected chi connectivity index (χ0v) is 18.1. The van der Waals surface area contributed by atoms with Gasteiger partial charge in [-0.25, -0.2) is 22.8 Å². The lowest BCUT2D eigenvalue weighted by Gasteiger charge is -2.09. The standard InChI is InChI=1S/C23H21N5O3S/c1-17-21(16-25-28(17)22-9-5-6-14-24-22)23(29)27-19-10-12-20(13-11-19)32(30,31)26-15-18-7-3-2-4-8-18/h2-14,16,26H,15H2,1H3,(H,27,29). The molecule has 8 nitrogen and oxygen atoms in total. The second kappa shape index (κ2) is 9.13. The van der Waals surface area contributed by atoms with E-state index in [0.717, 1.165) is 5.56 Å². The fourth-order valence-electron chi connectivity index (χ4n) is 3.12. The normalized spacial score (nSPS) is 11.3. The van der Waals surface area contributed by atoms with E-state index in [0.29, 0.717) is 22.8 Å². The Balaban J connectivity index is 1.44. The minimum atomic E-state index is -3.67. The quantitative estimate of drug-likeness (QED) is 0.452. The molecule has 2 aromatic heterocycles. The third kappa shape index (κ3) is 4.74. The van der Waals surface area contributed by atoms with Crippen molar-refractivity contribution in [2.45, 2.75) is 18.4 Å². The van der Waals surface area contributed by atoms with Gasteiger partial charge in [-0.2, -0.15) is 5.10 Å². The molecular formula is C23H21N5O3S. The number of carbonyl (C=O) groups excluding carboxylic acids is 1. The van der Waals surface area contributed by atoms with Crippen LogP contribution >= 0.6 is 0 Å². The smallest absolute Gasteiger partial charge is 0.259 e. The fraction of sp³-hybridized carbons (Fsp3) is 0.0870. The van der Waals surface area contributed by atoms with Crippen LogP contribution in [-0.4, -0.2) is 29.1 Å². The van der Waals surface area contributed by atoms with Crippen molar-refractivity contribution >= 4 is 21.6 Å². The minimum absolute atomic E-state index is 0.116. The summed E-state index contributed by atoms with van der Waals surface area (Å²) >= 11 is 0. The molecule has 32 heavy (non-hydrogen) atoms. The van der Waals surface area contributed by atoms with Gasteiger partial charge >= 0.3 is 0 Å². The largest absolute Gasteiger partial charge is 0.322 e. The minimum Gasteiger partial charge on any atom is -0.322 e. The molecule has 4 rings (SSSR count). The van der Waals surface area contributed by atoms with Crippen molar-refractivity contribution in [1.29, 1.82) is 0 Å². The molecule has 0 unspecified atom stereocenters. The molecule has 0 fully saturated rings. The summed E-state index contributed by atoms with van der Waals surface area (Å²) in [6, 6.07) is 20.7. The van der Waals surface area contributed by atoms with Gasteiger partial charge in [0, 0.05) is 18.4 Å². The first-order valence-electron chi connectivity index (χ1n) is 9.85. The highest BCUT2D eigenvalue weighted by molar-refractivity contribution is 7.89. The highest BCUT2D eigenvalue weighted by atomic mass is 32.2. The van der Waals surface area contributed by atoms with Crippen LogP contribution in [0.2, 0.25) is 0 Å². The van der Waals surface area contributed by atoms with Crippen LogP contribution in [0.1, 0.15) is 21.6 Å². The number of hydrogen-bond acceptors (Lipinski definition) is 5. The van der Waals surface area contributed by atoms with Crippen molar-refractivity contribution in [3.05, 3.63) is 102 Å². The molecule has 0 aliphatic carbocycles. The molecule has 2 N–H and O–H groups in total. The van der Waals surface area contributed by atoms with Crippen molar-refractivity contribution in [3.63, 3.8) is 0 Å². The second-order valence-corrected chi connectivity index (χ2v) is 8.80. The lowest BCUT2D eigenvalue weighted by atomic mass is 10.2. The van der Waals surface area contributed by atoms with Crippen LogP contribution in [-0.2, 0) is 16.6 Å². The maximum atomic E-state index is 12.7. The van der Waals surface area contributed by atoms with E-state index < -0.39 is 10.0 Å². The van der Waals surface area contributed by atoms with Gasteiger partial charge < -0.3 is 5.32 Å². The first-order chi connectivity index (χ1) is 15.4. The number of nitrogens with one attached hydrogen (secondary N) is 2.